The van der Waals surface area contributed by atoms with Crippen LogP contribution in [0.1, 0.15) is 65.2 Å². The van der Waals surface area contributed by atoms with Crippen LogP contribution in [0, 0.1) is 17.7 Å². The minimum Gasteiger partial charge on any atom is -0.376 e. The number of piperazine rings is 1. The number of nitrogens with one attached hydrogen (secondary N) is 1. The Kier molecular flexibility index (Phi) is 7.82. The summed E-state index contributed by atoms with van der Waals surface area (Å²) in [7, 11) is 0. The molecule has 0 spiro atoms. The van der Waals surface area contributed by atoms with E-state index < -0.39 is 0 Å². The molecule has 8 heteroatoms. The Balaban J connectivity index is 0.991. The molecule has 3 aliphatic rings. The number of rotatable bonds is 7. The van der Waals surface area contributed by atoms with Gasteiger partial charge in [0.2, 0.25) is 5.91 Å². The zero-order chi connectivity index (χ0) is 25.1. The molecule has 3 fully saturated rings. The number of amides is 1. The third-order valence-corrected chi connectivity index (χ3v) is 8.42. The fourth-order valence-corrected chi connectivity index (χ4v) is 6.35. The highest BCUT2D eigenvalue weighted by Crippen LogP contribution is 2.32. The number of aromatic nitrogens is 1. The fourth-order valence-electron chi connectivity index (χ4n) is 6.35. The molecular weight excluding hydrogens is 459 g/mol. The van der Waals surface area contributed by atoms with Crippen molar-refractivity contribution in [3.63, 3.8) is 0 Å². The number of benzene rings is 1. The molecule has 1 aliphatic carbocycles. The van der Waals surface area contributed by atoms with E-state index in [4.69, 9.17) is 9.26 Å². The van der Waals surface area contributed by atoms with Gasteiger partial charge in [-0.2, -0.15) is 0 Å². The maximum Gasteiger partial charge on any atom is 0.220 e. The molecule has 1 saturated carbocycles. The van der Waals surface area contributed by atoms with E-state index in [0.29, 0.717) is 24.0 Å². The molecule has 36 heavy (non-hydrogen) atoms. The second-order valence-electron chi connectivity index (χ2n) is 11.7. The molecule has 1 aromatic heterocycles. The number of hydrogen-bond donors (Lipinski definition) is 1. The van der Waals surface area contributed by atoms with Crippen LogP contribution in [-0.4, -0.2) is 66.9 Å². The summed E-state index contributed by atoms with van der Waals surface area (Å²) in [5.41, 5.74) is 0.533. The van der Waals surface area contributed by atoms with Gasteiger partial charge in [0, 0.05) is 45.2 Å². The maximum absolute atomic E-state index is 13.7. The second-order valence-corrected chi connectivity index (χ2v) is 11.7. The molecule has 2 aliphatic heterocycles. The minimum atomic E-state index is -0.261. The van der Waals surface area contributed by atoms with Crippen molar-refractivity contribution in [2.45, 2.75) is 76.9 Å². The van der Waals surface area contributed by atoms with Crippen molar-refractivity contribution in [1.29, 1.82) is 0 Å². The van der Waals surface area contributed by atoms with Crippen LogP contribution < -0.4 is 10.2 Å². The predicted octanol–water partition coefficient (Wildman–Crippen LogP) is 4.75. The normalized spacial score (nSPS) is 27.3. The standard InChI is InChI=1S/C28H41FN4O3/c1-28(2)19-21(10-16-35-28)17-26(34)30-23-6-3-20(4-7-23)9-11-32-12-14-33(15-13-32)27-24-18-22(29)5-8-25(24)36-31-27/h5,8,18,20-21,23H,3-4,6-7,9-17,19H2,1-2H3,(H,30,34)/t20-,21-,23-/m0/s1. The van der Waals surface area contributed by atoms with Gasteiger partial charge in [0.1, 0.15) is 5.82 Å². The zero-order valence-corrected chi connectivity index (χ0v) is 21.8. The number of ether oxygens (including phenoxy) is 1. The first kappa shape index (κ1) is 25.5. The quantitative estimate of drug-likeness (QED) is 0.592. The summed E-state index contributed by atoms with van der Waals surface area (Å²) < 4.78 is 24.9. The van der Waals surface area contributed by atoms with Gasteiger partial charge in [-0.3, -0.25) is 9.69 Å². The summed E-state index contributed by atoms with van der Waals surface area (Å²) in [6.45, 7) is 9.85. The monoisotopic (exact) mass is 500 g/mol. The van der Waals surface area contributed by atoms with Gasteiger partial charge < -0.3 is 19.5 Å². The first-order chi connectivity index (χ1) is 17.3. The van der Waals surface area contributed by atoms with Crippen molar-refractivity contribution >= 4 is 22.7 Å². The zero-order valence-electron chi connectivity index (χ0n) is 21.8. The van der Waals surface area contributed by atoms with E-state index in [1.807, 2.05) is 0 Å². The second kappa shape index (κ2) is 11.1. The Bertz CT molecular complexity index is 1020. The van der Waals surface area contributed by atoms with Crippen LogP contribution in [0.2, 0.25) is 0 Å². The lowest BCUT2D eigenvalue weighted by molar-refractivity contribution is -0.125. The molecular formula is C28H41FN4O3. The van der Waals surface area contributed by atoms with E-state index >= 15 is 0 Å². The Morgan fingerprint density at radius 2 is 1.89 bits per heavy atom. The third-order valence-electron chi connectivity index (χ3n) is 8.42. The largest absolute Gasteiger partial charge is 0.376 e. The summed E-state index contributed by atoms with van der Waals surface area (Å²) in [4.78, 5) is 17.3. The molecule has 1 N–H and O–H groups in total. The topological polar surface area (TPSA) is 70.8 Å². The van der Waals surface area contributed by atoms with Gasteiger partial charge in [-0.25, -0.2) is 4.39 Å². The summed E-state index contributed by atoms with van der Waals surface area (Å²) in [6.07, 6.45) is 8.41. The Hall–Kier alpha value is -2.19. The van der Waals surface area contributed by atoms with E-state index in [-0.39, 0.29) is 17.3 Å². The van der Waals surface area contributed by atoms with Crippen LogP contribution in [0.15, 0.2) is 22.7 Å². The van der Waals surface area contributed by atoms with Crippen LogP contribution >= 0.6 is 0 Å². The molecule has 2 aromatic rings. The van der Waals surface area contributed by atoms with Gasteiger partial charge in [0.15, 0.2) is 11.4 Å². The summed E-state index contributed by atoms with van der Waals surface area (Å²) in [6, 6.07) is 4.90. The van der Waals surface area contributed by atoms with E-state index in [1.165, 1.54) is 31.4 Å². The van der Waals surface area contributed by atoms with Gasteiger partial charge in [-0.15, -0.1) is 0 Å². The van der Waals surface area contributed by atoms with Crippen molar-refractivity contribution in [2.24, 2.45) is 11.8 Å². The summed E-state index contributed by atoms with van der Waals surface area (Å²) >= 11 is 0. The van der Waals surface area contributed by atoms with Gasteiger partial charge in [-0.05, 0) is 95.4 Å². The number of halogens is 1. The van der Waals surface area contributed by atoms with Crippen molar-refractivity contribution in [3.8, 4) is 0 Å². The van der Waals surface area contributed by atoms with E-state index in [0.717, 1.165) is 82.1 Å². The molecule has 0 bridgehead atoms. The molecule has 7 nitrogen and oxygen atoms in total. The molecule has 1 aromatic carbocycles. The molecule has 2 saturated heterocycles. The van der Waals surface area contributed by atoms with E-state index in [9.17, 15) is 9.18 Å². The smallest absolute Gasteiger partial charge is 0.220 e. The van der Waals surface area contributed by atoms with Gasteiger partial charge in [-0.1, -0.05) is 5.16 Å². The van der Waals surface area contributed by atoms with Crippen molar-refractivity contribution in [3.05, 3.63) is 24.0 Å². The molecule has 1 atom stereocenters. The Morgan fingerprint density at radius 3 is 2.64 bits per heavy atom. The Morgan fingerprint density at radius 1 is 1.11 bits per heavy atom. The molecule has 1 amide bonds. The number of hydrogen-bond acceptors (Lipinski definition) is 6. The van der Waals surface area contributed by atoms with Crippen molar-refractivity contribution < 1.29 is 18.4 Å². The molecule has 198 valence electrons. The molecule has 0 unspecified atom stereocenters. The van der Waals surface area contributed by atoms with Crippen molar-refractivity contribution in [2.75, 3.05) is 44.2 Å². The molecule has 0 radical (unpaired) electrons. The fraction of sp³-hybridized carbons (Fsp3) is 0.714. The number of carbonyl (C=O) groups excluding carboxylic acids is 1. The maximum atomic E-state index is 13.7. The molecule has 5 rings (SSSR count). The van der Waals surface area contributed by atoms with Crippen LogP contribution in [0.3, 0.4) is 0 Å². The van der Waals surface area contributed by atoms with E-state index in [1.54, 1.807) is 6.07 Å². The predicted molar refractivity (Wildman–Crippen MR) is 138 cm³/mol. The third kappa shape index (κ3) is 6.38. The lowest BCUT2D eigenvalue weighted by atomic mass is 9.83. The van der Waals surface area contributed by atoms with Crippen LogP contribution in [-0.2, 0) is 9.53 Å². The van der Waals surface area contributed by atoms with Crippen LogP contribution in [0.25, 0.3) is 11.0 Å². The SMILES string of the molecule is CC1(C)C[C@H](CC(=O)N[C@H]2CC[C@H](CCN3CCN(c4noc5ccc(F)cc45)CC3)CC2)CCO1. The highest BCUT2D eigenvalue weighted by Gasteiger charge is 2.31. The van der Waals surface area contributed by atoms with Crippen molar-refractivity contribution in [1.82, 2.24) is 15.4 Å². The average Bonchev–Trinajstić information content (AvgIpc) is 3.26. The summed E-state index contributed by atoms with van der Waals surface area (Å²) in [5.74, 6) is 1.90. The number of fused-ring (bicyclic) bond motifs is 1. The highest BCUT2D eigenvalue weighted by molar-refractivity contribution is 5.88. The minimum absolute atomic E-state index is 0.0994. The summed E-state index contributed by atoms with van der Waals surface area (Å²) in [5, 5.41) is 8.28. The number of anilines is 1. The lowest BCUT2D eigenvalue weighted by Gasteiger charge is -2.36. The number of carbonyl (C=O) groups is 1. The first-order valence-electron chi connectivity index (χ1n) is 13.8. The average molecular weight is 501 g/mol. The first-order valence-corrected chi connectivity index (χ1v) is 13.8. The lowest BCUT2D eigenvalue weighted by Crippen LogP contribution is -2.47. The van der Waals surface area contributed by atoms with Crippen LogP contribution in [0.5, 0.6) is 0 Å². The molecule has 3 heterocycles. The Labute approximate surface area is 213 Å². The van der Waals surface area contributed by atoms with Gasteiger partial charge >= 0.3 is 0 Å². The van der Waals surface area contributed by atoms with Gasteiger partial charge in [0.25, 0.3) is 0 Å². The number of nitrogens with zero attached hydrogens (tertiary/aromatic N) is 3. The van der Waals surface area contributed by atoms with Gasteiger partial charge in [0.05, 0.1) is 11.0 Å². The highest BCUT2D eigenvalue weighted by atomic mass is 19.1. The van der Waals surface area contributed by atoms with Crippen LogP contribution in [0.4, 0.5) is 10.2 Å². The van der Waals surface area contributed by atoms with E-state index in [2.05, 4.69) is 34.1 Å².